The Morgan fingerprint density at radius 3 is 1.89 bits per heavy atom. The lowest BCUT2D eigenvalue weighted by atomic mass is 9.81. The van der Waals surface area contributed by atoms with Crippen molar-refractivity contribution in [3.8, 4) is 5.75 Å². The van der Waals surface area contributed by atoms with E-state index < -0.39 is 0 Å². The molecule has 0 radical (unpaired) electrons. The van der Waals surface area contributed by atoms with Crippen LogP contribution in [0.5, 0.6) is 5.75 Å². The summed E-state index contributed by atoms with van der Waals surface area (Å²) in [6.07, 6.45) is 1.92. The van der Waals surface area contributed by atoms with Crippen LogP contribution in [0, 0.1) is 0 Å². The van der Waals surface area contributed by atoms with Gasteiger partial charge in [0, 0.05) is 0 Å². The molecule has 0 saturated heterocycles. The minimum Gasteiger partial charge on any atom is -0.507 e. The summed E-state index contributed by atoms with van der Waals surface area (Å²) in [5.41, 5.74) is 2.18. The number of hydrogen-bond donors (Lipinski definition) is 1. The van der Waals surface area contributed by atoms with Crippen molar-refractivity contribution < 1.29 is 5.11 Å². The van der Waals surface area contributed by atoms with E-state index in [1.54, 1.807) is 0 Å². The molecule has 0 atom stereocenters. The smallest absolute Gasteiger partial charge is 0.122 e. The third-order valence-electron chi connectivity index (χ3n) is 3.11. The topological polar surface area (TPSA) is 20.2 Å². The zero-order valence-electron chi connectivity index (χ0n) is 13.6. The van der Waals surface area contributed by atoms with Crippen molar-refractivity contribution in [1.29, 1.82) is 0 Å². The minimum atomic E-state index is 0.0647. The maximum atomic E-state index is 10.1. The van der Waals surface area contributed by atoms with Gasteiger partial charge in [0.05, 0.1) is 0 Å². The quantitative estimate of drug-likeness (QED) is 0.732. The molecule has 0 heterocycles. The average Bonchev–Trinajstić information content (AvgIpc) is 2.43. The average molecular weight is 252 g/mol. The predicted molar refractivity (Wildman–Crippen MR) is 83.5 cm³/mol. The van der Waals surface area contributed by atoms with Crippen molar-refractivity contribution in [2.45, 2.75) is 73.6 Å². The fourth-order valence-corrected chi connectivity index (χ4v) is 1.61. The molecule has 18 heavy (non-hydrogen) atoms. The Bertz CT molecular complexity index is 313. The summed E-state index contributed by atoms with van der Waals surface area (Å²) in [5, 5.41) is 10.1. The summed E-state index contributed by atoms with van der Waals surface area (Å²) >= 11 is 0. The van der Waals surface area contributed by atoms with Crippen molar-refractivity contribution in [2.24, 2.45) is 0 Å². The fourth-order valence-electron chi connectivity index (χ4n) is 1.61. The largest absolute Gasteiger partial charge is 0.507 e. The predicted octanol–water partition coefficient (Wildman–Crippen LogP) is 5.69. The van der Waals surface area contributed by atoms with E-state index in [9.17, 15) is 5.11 Å². The van der Waals surface area contributed by atoms with Crippen molar-refractivity contribution in [1.82, 2.24) is 0 Å². The van der Waals surface area contributed by atoms with E-state index >= 15 is 0 Å². The molecule has 106 valence electrons. The molecule has 1 aromatic carbocycles. The van der Waals surface area contributed by atoms with Gasteiger partial charge in [-0.3, -0.25) is 0 Å². The molecule has 0 saturated carbocycles. The Balaban J connectivity index is 0. The van der Waals surface area contributed by atoms with Crippen LogP contribution in [-0.2, 0) is 11.8 Å². The number of aryl methyl sites for hydroxylation is 1. The van der Waals surface area contributed by atoms with Gasteiger partial charge in [0.2, 0.25) is 0 Å². The molecule has 0 amide bonds. The SMILES string of the molecule is CC.CC.CCc1cccc(C(C)(C)CC)c1O. The number of phenols is 1. The first-order valence-corrected chi connectivity index (χ1v) is 7.34. The highest BCUT2D eigenvalue weighted by Crippen LogP contribution is 2.35. The molecule has 1 N–H and O–H groups in total. The van der Waals surface area contributed by atoms with Gasteiger partial charge in [-0.05, 0) is 29.4 Å². The summed E-state index contributed by atoms with van der Waals surface area (Å²) < 4.78 is 0. The first kappa shape index (κ1) is 19.4. The van der Waals surface area contributed by atoms with Gasteiger partial charge < -0.3 is 5.11 Å². The number of rotatable bonds is 3. The molecule has 0 bridgehead atoms. The molecule has 0 aromatic heterocycles. The zero-order chi connectivity index (χ0) is 14.8. The number of aromatic hydroxyl groups is 1. The summed E-state index contributed by atoms with van der Waals surface area (Å²) in [5.74, 6) is 0.488. The highest BCUT2D eigenvalue weighted by Gasteiger charge is 2.22. The van der Waals surface area contributed by atoms with Gasteiger partial charge in [-0.1, -0.05) is 73.6 Å². The maximum Gasteiger partial charge on any atom is 0.122 e. The summed E-state index contributed by atoms with van der Waals surface area (Å²) in [4.78, 5) is 0. The Morgan fingerprint density at radius 2 is 1.50 bits per heavy atom. The Kier molecular flexibility index (Phi) is 10.7. The number of para-hydroxylation sites is 1. The molecule has 0 aliphatic heterocycles. The molecule has 1 heteroatoms. The van der Waals surface area contributed by atoms with Gasteiger partial charge in [-0.25, -0.2) is 0 Å². The molecule has 0 aliphatic carbocycles. The maximum absolute atomic E-state index is 10.1. The van der Waals surface area contributed by atoms with E-state index in [4.69, 9.17) is 0 Å². The van der Waals surface area contributed by atoms with Gasteiger partial charge in [-0.2, -0.15) is 0 Å². The van der Waals surface area contributed by atoms with Crippen LogP contribution in [0.2, 0.25) is 0 Å². The molecular weight excluding hydrogens is 220 g/mol. The lowest BCUT2D eigenvalue weighted by Gasteiger charge is -2.25. The lowest BCUT2D eigenvalue weighted by molar-refractivity contribution is 0.424. The van der Waals surface area contributed by atoms with Gasteiger partial charge in [-0.15, -0.1) is 0 Å². The lowest BCUT2D eigenvalue weighted by Crippen LogP contribution is -2.15. The van der Waals surface area contributed by atoms with Crippen molar-refractivity contribution >= 4 is 0 Å². The van der Waals surface area contributed by atoms with E-state index in [2.05, 4.69) is 27.7 Å². The highest BCUT2D eigenvalue weighted by atomic mass is 16.3. The van der Waals surface area contributed by atoms with Gasteiger partial charge in [0.1, 0.15) is 5.75 Å². The van der Waals surface area contributed by atoms with E-state index in [1.807, 2.05) is 45.9 Å². The Morgan fingerprint density at radius 1 is 1.00 bits per heavy atom. The summed E-state index contributed by atoms with van der Waals surface area (Å²) in [6.45, 7) is 16.6. The Hall–Kier alpha value is -0.980. The van der Waals surface area contributed by atoms with Crippen LogP contribution in [-0.4, -0.2) is 5.11 Å². The van der Waals surface area contributed by atoms with Crippen LogP contribution in [0.15, 0.2) is 18.2 Å². The van der Waals surface area contributed by atoms with Crippen molar-refractivity contribution in [2.75, 3.05) is 0 Å². The standard InChI is InChI=1S/C13H20O.2C2H6/c1-5-10-8-7-9-11(12(10)14)13(3,4)6-2;2*1-2/h7-9,14H,5-6H2,1-4H3;2*1-2H3. The van der Waals surface area contributed by atoms with Crippen LogP contribution in [0.4, 0.5) is 0 Å². The second-order valence-electron chi connectivity index (χ2n) is 4.40. The van der Waals surface area contributed by atoms with E-state index in [1.165, 1.54) is 0 Å². The second kappa shape index (κ2) is 9.99. The van der Waals surface area contributed by atoms with Crippen LogP contribution in [0.3, 0.4) is 0 Å². The third kappa shape index (κ3) is 5.12. The van der Waals surface area contributed by atoms with Crippen LogP contribution in [0.1, 0.15) is 72.9 Å². The zero-order valence-corrected chi connectivity index (χ0v) is 13.6. The monoisotopic (exact) mass is 252 g/mol. The van der Waals surface area contributed by atoms with E-state index in [0.29, 0.717) is 5.75 Å². The van der Waals surface area contributed by atoms with E-state index in [-0.39, 0.29) is 5.41 Å². The molecule has 1 nitrogen and oxygen atoms in total. The van der Waals surface area contributed by atoms with Crippen LogP contribution >= 0.6 is 0 Å². The molecule has 1 rings (SSSR count). The summed E-state index contributed by atoms with van der Waals surface area (Å²) in [6, 6.07) is 6.05. The molecule has 0 fully saturated rings. The normalized spacial score (nSPS) is 9.78. The van der Waals surface area contributed by atoms with Gasteiger partial charge in [0.25, 0.3) is 0 Å². The van der Waals surface area contributed by atoms with Crippen LogP contribution in [0.25, 0.3) is 0 Å². The Labute approximate surface area is 114 Å². The number of hydrogen-bond acceptors (Lipinski definition) is 1. The van der Waals surface area contributed by atoms with Gasteiger partial charge >= 0.3 is 0 Å². The molecule has 1 aromatic rings. The minimum absolute atomic E-state index is 0.0647. The van der Waals surface area contributed by atoms with Crippen molar-refractivity contribution in [3.63, 3.8) is 0 Å². The van der Waals surface area contributed by atoms with Crippen molar-refractivity contribution in [3.05, 3.63) is 29.3 Å². The highest BCUT2D eigenvalue weighted by molar-refractivity contribution is 5.44. The molecule has 0 spiro atoms. The van der Waals surface area contributed by atoms with Crippen LogP contribution < -0.4 is 0 Å². The number of benzene rings is 1. The molecule has 0 aliphatic rings. The summed E-state index contributed by atoms with van der Waals surface area (Å²) in [7, 11) is 0. The first-order chi connectivity index (χ1) is 8.53. The second-order valence-corrected chi connectivity index (χ2v) is 4.40. The third-order valence-corrected chi connectivity index (χ3v) is 3.11. The van der Waals surface area contributed by atoms with E-state index in [0.717, 1.165) is 24.0 Å². The first-order valence-electron chi connectivity index (χ1n) is 7.34. The molecular formula is C17H32O. The number of phenolic OH excluding ortho intramolecular Hbond substituents is 1. The fraction of sp³-hybridized carbons (Fsp3) is 0.647. The van der Waals surface area contributed by atoms with Gasteiger partial charge in [0.15, 0.2) is 0 Å². The molecule has 0 unspecified atom stereocenters.